The molecule has 1 nitrogen and oxygen atoms in total. The standard InChI is InChI=1S/C12H13F2N/c1-4-10(15-5-2)11-9(13)7-6-8(3)12(11)14/h1,6-7,10,15H,5H2,2-3H3. The molecule has 0 heterocycles. The molecular formula is C12H13F2N. The van der Waals surface area contributed by atoms with Crippen molar-refractivity contribution in [3.8, 4) is 12.3 Å². The first-order chi connectivity index (χ1) is 7.11. The quantitative estimate of drug-likeness (QED) is 0.754. The normalized spacial score (nSPS) is 12.2. The molecular weight excluding hydrogens is 196 g/mol. The van der Waals surface area contributed by atoms with Gasteiger partial charge in [-0.25, -0.2) is 8.78 Å². The third-order valence-corrected chi connectivity index (χ3v) is 2.18. The van der Waals surface area contributed by atoms with Gasteiger partial charge in [0.2, 0.25) is 0 Å². The highest BCUT2D eigenvalue weighted by Gasteiger charge is 2.18. The molecule has 15 heavy (non-hydrogen) atoms. The highest BCUT2D eigenvalue weighted by Crippen LogP contribution is 2.22. The van der Waals surface area contributed by atoms with E-state index in [9.17, 15) is 8.78 Å². The predicted octanol–water partition coefficient (Wildman–Crippen LogP) is 2.56. The SMILES string of the molecule is C#CC(NCC)c1c(F)ccc(C)c1F. The molecule has 0 spiro atoms. The Morgan fingerprint density at radius 1 is 1.47 bits per heavy atom. The first kappa shape index (κ1) is 11.7. The molecule has 0 fully saturated rings. The van der Waals surface area contributed by atoms with Crippen LogP contribution in [0.15, 0.2) is 12.1 Å². The summed E-state index contributed by atoms with van der Waals surface area (Å²) in [5.74, 6) is 1.16. The van der Waals surface area contributed by atoms with Gasteiger partial charge in [0.1, 0.15) is 17.7 Å². The molecule has 1 unspecified atom stereocenters. The molecule has 1 rings (SSSR count). The van der Waals surface area contributed by atoms with Gasteiger partial charge in [0, 0.05) is 0 Å². The molecule has 0 aliphatic heterocycles. The lowest BCUT2D eigenvalue weighted by molar-refractivity contribution is 0.517. The summed E-state index contributed by atoms with van der Waals surface area (Å²) in [6, 6.07) is 1.92. The molecule has 0 aliphatic rings. The maximum Gasteiger partial charge on any atom is 0.134 e. The van der Waals surface area contributed by atoms with Crippen LogP contribution in [0, 0.1) is 30.9 Å². The minimum atomic E-state index is -0.713. The molecule has 1 N–H and O–H groups in total. The third-order valence-electron chi connectivity index (χ3n) is 2.18. The molecule has 0 amide bonds. The van der Waals surface area contributed by atoms with Crippen LogP contribution in [0.5, 0.6) is 0 Å². The summed E-state index contributed by atoms with van der Waals surface area (Å²) < 4.78 is 27.1. The highest BCUT2D eigenvalue weighted by atomic mass is 19.1. The van der Waals surface area contributed by atoms with Gasteiger partial charge in [-0.3, -0.25) is 0 Å². The Morgan fingerprint density at radius 2 is 2.13 bits per heavy atom. The number of rotatable bonds is 3. The van der Waals surface area contributed by atoms with E-state index in [0.29, 0.717) is 12.1 Å². The molecule has 0 aliphatic carbocycles. The van der Waals surface area contributed by atoms with Crippen LogP contribution in [0.1, 0.15) is 24.1 Å². The molecule has 1 atom stereocenters. The fourth-order valence-electron chi connectivity index (χ4n) is 1.39. The highest BCUT2D eigenvalue weighted by molar-refractivity contribution is 5.33. The fourth-order valence-corrected chi connectivity index (χ4v) is 1.39. The number of terminal acetylenes is 1. The van der Waals surface area contributed by atoms with Crippen molar-refractivity contribution in [3.05, 3.63) is 34.9 Å². The summed E-state index contributed by atoms with van der Waals surface area (Å²) in [4.78, 5) is 0. The predicted molar refractivity (Wildman–Crippen MR) is 56.3 cm³/mol. The van der Waals surface area contributed by atoms with Gasteiger partial charge in [0.15, 0.2) is 0 Å². The fraction of sp³-hybridized carbons (Fsp3) is 0.333. The van der Waals surface area contributed by atoms with Gasteiger partial charge in [-0.2, -0.15) is 0 Å². The van der Waals surface area contributed by atoms with E-state index in [4.69, 9.17) is 6.42 Å². The van der Waals surface area contributed by atoms with Crippen LogP contribution in [0.4, 0.5) is 8.78 Å². The van der Waals surface area contributed by atoms with Gasteiger partial charge in [0.05, 0.1) is 5.56 Å². The van der Waals surface area contributed by atoms with E-state index in [1.165, 1.54) is 12.1 Å². The molecule has 3 heteroatoms. The third kappa shape index (κ3) is 2.34. The number of hydrogen-bond donors (Lipinski definition) is 1. The lowest BCUT2D eigenvalue weighted by Gasteiger charge is -2.14. The Labute approximate surface area is 88.5 Å². The van der Waals surface area contributed by atoms with E-state index in [-0.39, 0.29) is 5.56 Å². The van der Waals surface area contributed by atoms with Crippen molar-refractivity contribution in [1.82, 2.24) is 5.32 Å². The minimum absolute atomic E-state index is 0.0700. The van der Waals surface area contributed by atoms with Crippen molar-refractivity contribution in [2.75, 3.05) is 6.54 Å². The van der Waals surface area contributed by atoms with Crippen LogP contribution >= 0.6 is 0 Å². The van der Waals surface area contributed by atoms with Crippen LogP contribution in [-0.2, 0) is 0 Å². The summed E-state index contributed by atoms with van der Waals surface area (Å²) in [7, 11) is 0. The Hall–Kier alpha value is -1.40. The lowest BCUT2D eigenvalue weighted by atomic mass is 10.0. The number of benzene rings is 1. The Bertz CT molecular complexity index is 393. The molecule has 0 radical (unpaired) electrons. The summed E-state index contributed by atoms with van der Waals surface area (Å²) in [6.07, 6.45) is 5.23. The second-order valence-corrected chi connectivity index (χ2v) is 3.25. The molecule has 1 aromatic rings. The van der Waals surface area contributed by atoms with E-state index in [2.05, 4.69) is 11.2 Å². The summed E-state index contributed by atoms with van der Waals surface area (Å²) in [6.45, 7) is 3.97. The first-order valence-electron chi connectivity index (χ1n) is 4.75. The second-order valence-electron chi connectivity index (χ2n) is 3.25. The Balaban J connectivity index is 3.22. The molecule has 0 saturated carbocycles. The van der Waals surface area contributed by atoms with Crippen LogP contribution < -0.4 is 5.32 Å². The first-order valence-corrected chi connectivity index (χ1v) is 4.75. The Kier molecular flexibility index (Phi) is 3.81. The van der Waals surface area contributed by atoms with E-state index in [1.807, 2.05) is 6.92 Å². The van der Waals surface area contributed by atoms with Crippen molar-refractivity contribution >= 4 is 0 Å². The van der Waals surface area contributed by atoms with Crippen molar-refractivity contribution in [2.24, 2.45) is 0 Å². The molecule has 0 saturated heterocycles. The van der Waals surface area contributed by atoms with Gasteiger partial charge < -0.3 is 5.32 Å². The van der Waals surface area contributed by atoms with Gasteiger partial charge in [0.25, 0.3) is 0 Å². The number of aryl methyl sites for hydroxylation is 1. The van der Waals surface area contributed by atoms with Gasteiger partial charge in [-0.15, -0.1) is 6.42 Å². The van der Waals surface area contributed by atoms with Gasteiger partial charge in [-0.1, -0.05) is 18.9 Å². The number of hydrogen-bond acceptors (Lipinski definition) is 1. The minimum Gasteiger partial charge on any atom is -0.300 e. The maximum atomic E-state index is 13.6. The van der Waals surface area contributed by atoms with E-state index >= 15 is 0 Å². The second kappa shape index (κ2) is 4.90. The van der Waals surface area contributed by atoms with Crippen molar-refractivity contribution < 1.29 is 8.78 Å². The van der Waals surface area contributed by atoms with Crippen LogP contribution in [0.3, 0.4) is 0 Å². The van der Waals surface area contributed by atoms with Crippen molar-refractivity contribution in [1.29, 1.82) is 0 Å². The molecule has 0 aromatic heterocycles. The van der Waals surface area contributed by atoms with Crippen LogP contribution in [0.2, 0.25) is 0 Å². The van der Waals surface area contributed by atoms with E-state index in [1.54, 1.807) is 6.92 Å². The topological polar surface area (TPSA) is 12.0 Å². The monoisotopic (exact) mass is 209 g/mol. The zero-order chi connectivity index (χ0) is 11.4. The lowest BCUT2D eigenvalue weighted by Crippen LogP contribution is -2.21. The largest absolute Gasteiger partial charge is 0.300 e. The summed E-state index contributed by atoms with van der Waals surface area (Å²) in [5, 5.41) is 2.84. The zero-order valence-corrected chi connectivity index (χ0v) is 8.77. The van der Waals surface area contributed by atoms with E-state index in [0.717, 1.165) is 0 Å². The number of nitrogens with one attached hydrogen (secondary N) is 1. The summed E-state index contributed by atoms with van der Waals surface area (Å²) in [5.41, 5.74) is 0.323. The van der Waals surface area contributed by atoms with Crippen LogP contribution in [-0.4, -0.2) is 6.54 Å². The maximum absolute atomic E-state index is 13.6. The molecule has 80 valence electrons. The molecule has 1 aromatic carbocycles. The average molecular weight is 209 g/mol. The smallest absolute Gasteiger partial charge is 0.134 e. The molecule has 0 bridgehead atoms. The zero-order valence-electron chi connectivity index (χ0n) is 8.77. The van der Waals surface area contributed by atoms with Gasteiger partial charge >= 0.3 is 0 Å². The Morgan fingerprint density at radius 3 is 2.67 bits per heavy atom. The summed E-state index contributed by atoms with van der Waals surface area (Å²) >= 11 is 0. The van der Waals surface area contributed by atoms with Crippen molar-refractivity contribution in [3.63, 3.8) is 0 Å². The van der Waals surface area contributed by atoms with Crippen LogP contribution in [0.25, 0.3) is 0 Å². The van der Waals surface area contributed by atoms with Crippen molar-refractivity contribution in [2.45, 2.75) is 19.9 Å². The van der Waals surface area contributed by atoms with E-state index < -0.39 is 17.7 Å². The average Bonchev–Trinajstić information content (AvgIpc) is 2.22. The number of halogens is 2. The van der Waals surface area contributed by atoms with Gasteiger partial charge in [-0.05, 0) is 25.1 Å².